The van der Waals surface area contributed by atoms with E-state index in [2.05, 4.69) is 10.9 Å². The SMILES string of the molecule is C#CCn1c(=NC(=O)C2COc3ccccc3O2)sc2cccc(F)c21. The first kappa shape index (κ1) is 16.4. The zero-order valence-electron chi connectivity index (χ0n) is 13.5. The molecule has 1 aliphatic rings. The zero-order valence-corrected chi connectivity index (χ0v) is 14.3. The van der Waals surface area contributed by atoms with E-state index in [4.69, 9.17) is 15.9 Å². The van der Waals surface area contributed by atoms with E-state index in [1.54, 1.807) is 30.3 Å². The van der Waals surface area contributed by atoms with Crippen LogP contribution in [0.3, 0.4) is 0 Å². The van der Waals surface area contributed by atoms with Crippen LogP contribution in [-0.4, -0.2) is 23.2 Å². The second kappa shape index (κ2) is 6.65. The molecule has 0 N–H and O–H groups in total. The molecule has 1 atom stereocenters. The van der Waals surface area contributed by atoms with Crippen molar-refractivity contribution in [3.05, 3.63) is 53.1 Å². The predicted octanol–water partition coefficient (Wildman–Crippen LogP) is 2.74. The lowest BCUT2D eigenvalue weighted by molar-refractivity contribution is -0.127. The van der Waals surface area contributed by atoms with E-state index < -0.39 is 17.8 Å². The molecule has 1 aromatic heterocycles. The summed E-state index contributed by atoms with van der Waals surface area (Å²) in [5.41, 5.74) is 0.341. The largest absolute Gasteiger partial charge is 0.485 e. The number of hydrogen-bond acceptors (Lipinski definition) is 4. The second-order valence-electron chi connectivity index (χ2n) is 5.58. The van der Waals surface area contributed by atoms with E-state index in [-0.39, 0.29) is 13.2 Å². The third kappa shape index (κ3) is 2.85. The van der Waals surface area contributed by atoms with Gasteiger partial charge in [0, 0.05) is 0 Å². The van der Waals surface area contributed by atoms with E-state index >= 15 is 0 Å². The summed E-state index contributed by atoms with van der Waals surface area (Å²) in [6, 6.07) is 11.8. The molecule has 130 valence electrons. The number of ether oxygens (including phenoxy) is 2. The molecule has 0 radical (unpaired) electrons. The van der Waals surface area contributed by atoms with Gasteiger partial charge >= 0.3 is 0 Å². The fourth-order valence-electron chi connectivity index (χ4n) is 2.72. The van der Waals surface area contributed by atoms with Crippen LogP contribution in [0.1, 0.15) is 0 Å². The van der Waals surface area contributed by atoms with E-state index in [9.17, 15) is 9.18 Å². The van der Waals surface area contributed by atoms with Crippen LogP contribution in [-0.2, 0) is 11.3 Å². The normalized spacial score (nSPS) is 16.5. The molecule has 2 heterocycles. The van der Waals surface area contributed by atoms with Crippen molar-refractivity contribution in [3.8, 4) is 23.8 Å². The molecule has 0 fully saturated rings. The second-order valence-corrected chi connectivity index (χ2v) is 6.58. The molecule has 1 unspecified atom stereocenters. The summed E-state index contributed by atoms with van der Waals surface area (Å²) >= 11 is 1.20. The van der Waals surface area contributed by atoms with Crippen molar-refractivity contribution < 1.29 is 18.7 Å². The van der Waals surface area contributed by atoms with Crippen LogP contribution in [0.25, 0.3) is 10.2 Å². The van der Waals surface area contributed by atoms with Gasteiger partial charge in [0.25, 0.3) is 5.91 Å². The number of para-hydroxylation sites is 3. The number of fused-ring (bicyclic) bond motifs is 2. The number of rotatable bonds is 2. The number of nitrogens with zero attached hydrogens (tertiary/aromatic N) is 2. The molecule has 26 heavy (non-hydrogen) atoms. The molecule has 2 aromatic carbocycles. The molecular formula is C19H13FN2O3S. The van der Waals surface area contributed by atoms with Crippen LogP contribution >= 0.6 is 11.3 Å². The maximum Gasteiger partial charge on any atom is 0.292 e. The first-order valence-corrected chi connectivity index (χ1v) is 8.67. The van der Waals surface area contributed by atoms with Crippen LogP contribution in [0.5, 0.6) is 11.5 Å². The minimum Gasteiger partial charge on any atom is -0.485 e. The fourth-order valence-corrected chi connectivity index (χ4v) is 3.77. The van der Waals surface area contributed by atoms with Gasteiger partial charge in [-0.15, -0.1) is 6.42 Å². The minimum absolute atomic E-state index is 0.0632. The van der Waals surface area contributed by atoms with Crippen molar-refractivity contribution in [1.29, 1.82) is 0 Å². The highest BCUT2D eigenvalue weighted by Gasteiger charge is 2.27. The number of carbonyl (C=O) groups excluding carboxylic acids is 1. The summed E-state index contributed by atoms with van der Waals surface area (Å²) in [5.74, 6) is 2.64. The number of hydrogen-bond donors (Lipinski definition) is 0. The van der Waals surface area contributed by atoms with E-state index in [0.717, 1.165) is 0 Å². The average molecular weight is 368 g/mol. The Bertz CT molecular complexity index is 1110. The van der Waals surface area contributed by atoms with Crippen molar-refractivity contribution in [2.45, 2.75) is 12.6 Å². The lowest BCUT2D eigenvalue weighted by Crippen LogP contribution is -2.36. The number of halogens is 1. The van der Waals surface area contributed by atoms with Crippen LogP contribution in [0, 0.1) is 18.2 Å². The van der Waals surface area contributed by atoms with Gasteiger partial charge in [-0.2, -0.15) is 4.99 Å². The molecule has 0 saturated carbocycles. The Kier molecular flexibility index (Phi) is 4.19. The Morgan fingerprint density at radius 1 is 1.31 bits per heavy atom. The lowest BCUT2D eigenvalue weighted by Gasteiger charge is -2.23. The summed E-state index contributed by atoms with van der Waals surface area (Å²) in [6.45, 7) is 0.172. The molecule has 1 amide bonds. The van der Waals surface area contributed by atoms with Gasteiger partial charge < -0.3 is 14.0 Å². The first-order chi connectivity index (χ1) is 12.7. The summed E-state index contributed by atoms with van der Waals surface area (Å²) in [4.78, 5) is 17.0. The van der Waals surface area contributed by atoms with Gasteiger partial charge in [0.15, 0.2) is 16.3 Å². The van der Waals surface area contributed by atoms with Crippen LogP contribution in [0.15, 0.2) is 47.5 Å². The van der Waals surface area contributed by atoms with Gasteiger partial charge in [-0.05, 0) is 24.3 Å². The Morgan fingerprint density at radius 3 is 2.92 bits per heavy atom. The highest BCUT2D eigenvalue weighted by molar-refractivity contribution is 7.16. The third-order valence-corrected chi connectivity index (χ3v) is 4.93. The first-order valence-electron chi connectivity index (χ1n) is 7.86. The number of amides is 1. The Hall–Kier alpha value is -3.11. The summed E-state index contributed by atoms with van der Waals surface area (Å²) in [7, 11) is 0. The van der Waals surface area contributed by atoms with Crippen molar-refractivity contribution in [2.24, 2.45) is 4.99 Å². The summed E-state index contributed by atoms with van der Waals surface area (Å²) < 4.78 is 27.6. The molecule has 5 nitrogen and oxygen atoms in total. The van der Waals surface area contributed by atoms with Crippen molar-refractivity contribution in [2.75, 3.05) is 6.61 Å². The topological polar surface area (TPSA) is 52.8 Å². The molecule has 0 aliphatic carbocycles. The molecule has 0 spiro atoms. The zero-order chi connectivity index (χ0) is 18.1. The third-order valence-electron chi connectivity index (χ3n) is 3.89. The quantitative estimate of drug-likeness (QED) is 0.654. The number of thiazole rings is 1. The number of terminal acetylenes is 1. The van der Waals surface area contributed by atoms with Gasteiger partial charge in [0.1, 0.15) is 12.4 Å². The number of aromatic nitrogens is 1. The molecular weight excluding hydrogens is 355 g/mol. The van der Waals surface area contributed by atoms with Gasteiger partial charge in [-0.25, -0.2) is 4.39 Å². The van der Waals surface area contributed by atoms with Crippen molar-refractivity contribution in [3.63, 3.8) is 0 Å². The highest BCUT2D eigenvalue weighted by Crippen LogP contribution is 2.31. The summed E-state index contributed by atoms with van der Waals surface area (Å²) in [5, 5.41) is 0. The maximum atomic E-state index is 14.2. The van der Waals surface area contributed by atoms with Crippen LogP contribution in [0.2, 0.25) is 0 Å². The van der Waals surface area contributed by atoms with Gasteiger partial charge in [-0.1, -0.05) is 35.5 Å². The van der Waals surface area contributed by atoms with Gasteiger partial charge in [0.2, 0.25) is 6.10 Å². The average Bonchev–Trinajstić information content (AvgIpc) is 3.00. The highest BCUT2D eigenvalue weighted by atomic mass is 32.1. The summed E-state index contributed by atoms with van der Waals surface area (Å²) in [6.07, 6.45) is 4.53. The molecule has 0 saturated heterocycles. The molecule has 3 aromatic rings. The van der Waals surface area contributed by atoms with E-state index in [0.29, 0.717) is 26.5 Å². The van der Waals surface area contributed by atoms with E-state index in [1.807, 2.05) is 6.07 Å². The minimum atomic E-state index is -0.862. The maximum absolute atomic E-state index is 14.2. The van der Waals surface area contributed by atoms with Crippen LogP contribution in [0.4, 0.5) is 4.39 Å². The van der Waals surface area contributed by atoms with Gasteiger partial charge in [0.05, 0.1) is 16.8 Å². The lowest BCUT2D eigenvalue weighted by atomic mass is 10.2. The molecule has 1 aliphatic heterocycles. The van der Waals surface area contributed by atoms with Crippen molar-refractivity contribution >= 4 is 27.5 Å². The molecule has 0 bridgehead atoms. The monoisotopic (exact) mass is 368 g/mol. The van der Waals surface area contributed by atoms with Crippen molar-refractivity contribution in [1.82, 2.24) is 4.57 Å². The van der Waals surface area contributed by atoms with Crippen LogP contribution < -0.4 is 14.3 Å². The number of carbonyl (C=O) groups is 1. The Labute approximate surface area is 152 Å². The van der Waals surface area contributed by atoms with Gasteiger partial charge in [-0.3, -0.25) is 4.79 Å². The molecule has 4 rings (SSSR count). The Morgan fingerprint density at radius 2 is 2.12 bits per heavy atom. The predicted molar refractivity (Wildman–Crippen MR) is 95.5 cm³/mol. The van der Waals surface area contributed by atoms with E-state index in [1.165, 1.54) is 22.0 Å². The fraction of sp³-hybridized carbons (Fsp3) is 0.158. The molecule has 7 heteroatoms. The number of benzene rings is 2. The smallest absolute Gasteiger partial charge is 0.292 e. The standard InChI is InChI=1S/C19H13FN2O3S/c1-2-10-22-17-12(20)6-5-9-16(17)26-19(22)21-18(23)15-11-24-13-7-3-4-8-14(13)25-15/h1,3-9,15H,10-11H2. The Balaban J connectivity index is 1.73.